The van der Waals surface area contributed by atoms with Crippen LogP contribution in [-0.2, 0) is 36.9 Å². The molecule has 0 aliphatic carbocycles. The fourth-order valence-corrected chi connectivity index (χ4v) is 4.33. The third kappa shape index (κ3) is 5.63. The van der Waals surface area contributed by atoms with E-state index in [0.29, 0.717) is 19.4 Å². The Labute approximate surface area is 199 Å². The molecule has 3 atom stereocenters. The Morgan fingerprint density at radius 2 is 1.76 bits per heavy atom. The fourth-order valence-electron chi connectivity index (χ4n) is 4.33. The third-order valence-corrected chi connectivity index (χ3v) is 6.37. The number of likely N-dealkylation sites (tertiary alicyclic amines) is 1. The van der Waals surface area contributed by atoms with Gasteiger partial charge in [-0.2, -0.15) is 0 Å². The van der Waals surface area contributed by atoms with Crippen molar-refractivity contribution in [2.45, 2.75) is 65.3 Å². The predicted molar refractivity (Wildman–Crippen MR) is 124 cm³/mol. The molecule has 9 nitrogen and oxygen atoms in total. The van der Waals surface area contributed by atoms with Gasteiger partial charge >= 0.3 is 6.09 Å². The SMILES string of the molecule is CC(C)C(=O)C(=O)N[C@H](C(=O)N1C[C@H](OC(=O)N2CCc3ccccc3C2)C[C@H]1C=O)C(C)C. The molecule has 184 valence electrons. The molecule has 2 aliphatic rings. The molecular formula is C25H33N3O6. The van der Waals surface area contributed by atoms with Crippen molar-refractivity contribution in [1.82, 2.24) is 15.1 Å². The molecule has 0 aromatic heterocycles. The number of carbonyl (C=O) groups excluding carboxylic acids is 5. The first-order valence-corrected chi connectivity index (χ1v) is 11.7. The number of carbonyl (C=O) groups is 5. The van der Waals surface area contributed by atoms with E-state index in [0.717, 1.165) is 12.0 Å². The van der Waals surface area contributed by atoms with Crippen LogP contribution < -0.4 is 5.32 Å². The van der Waals surface area contributed by atoms with E-state index in [4.69, 9.17) is 4.74 Å². The van der Waals surface area contributed by atoms with Gasteiger partial charge in [0.2, 0.25) is 11.7 Å². The minimum Gasteiger partial charge on any atom is -0.444 e. The zero-order valence-electron chi connectivity index (χ0n) is 20.2. The summed E-state index contributed by atoms with van der Waals surface area (Å²) in [6, 6.07) is 6.20. The second kappa shape index (κ2) is 10.8. The summed E-state index contributed by atoms with van der Waals surface area (Å²) in [6.45, 7) is 7.75. The van der Waals surface area contributed by atoms with Gasteiger partial charge in [-0.15, -0.1) is 0 Å². The quantitative estimate of drug-likeness (QED) is 0.479. The second-order valence-electron chi connectivity index (χ2n) is 9.59. The van der Waals surface area contributed by atoms with E-state index >= 15 is 0 Å². The Balaban J connectivity index is 1.64. The van der Waals surface area contributed by atoms with Crippen LogP contribution in [0.15, 0.2) is 24.3 Å². The summed E-state index contributed by atoms with van der Waals surface area (Å²) < 4.78 is 5.66. The van der Waals surface area contributed by atoms with E-state index in [1.807, 2.05) is 24.3 Å². The van der Waals surface area contributed by atoms with Crippen LogP contribution in [0.5, 0.6) is 0 Å². The van der Waals surface area contributed by atoms with Crippen LogP contribution in [0.1, 0.15) is 45.2 Å². The highest BCUT2D eigenvalue weighted by Crippen LogP contribution is 2.24. The number of nitrogens with one attached hydrogen (secondary N) is 1. The maximum Gasteiger partial charge on any atom is 0.410 e. The van der Waals surface area contributed by atoms with Crippen molar-refractivity contribution in [2.24, 2.45) is 11.8 Å². The van der Waals surface area contributed by atoms with Gasteiger partial charge in [-0.05, 0) is 23.5 Å². The monoisotopic (exact) mass is 471 g/mol. The number of ether oxygens (including phenoxy) is 1. The lowest BCUT2D eigenvalue weighted by Crippen LogP contribution is -2.54. The van der Waals surface area contributed by atoms with Gasteiger partial charge in [0.15, 0.2) is 0 Å². The van der Waals surface area contributed by atoms with Gasteiger partial charge < -0.3 is 24.6 Å². The molecule has 34 heavy (non-hydrogen) atoms. The number of hydrogen-bond acceptors (Lipinski definition) is 6. The largest absolute Gasteiger partial charge is 0.444 e. The maximum atomic E-state index is 13.2. The smallest absolute Gasteiger partial charge is 0.410 e. The number of fused-ring (bicyclic) bond motifs is 1. The van der Waals surface area contributed by atoms with Gasteiger partial charge in [-0.25, -0.2) is 4.79 Å². The van der Waals surface area contributed by atoms with Crippen LogP contribution >= 0.6 is 0 Å². The van der Waals surface area contributed by atoms with Crippen LogP contribution in [0.4, 0.5) is 4.79 Å². The van der Waals surface area contributed by atoms with Crippen LogP contribution in [0, 0.1) is 11.8 Å². The molecule has 3 amide bonds. The van der Waals surface area contributed by atoms with Crippen molar-refractivity contribution in [3.05, 3.63) is 35.4 Å². The molecule has 3 rings (SSSR count). The van der Waals surface area contributed by atoms with Crippen molar-refractivity contribution in [3.63, 3.8) is 0 Å². The standard InChI is InChI=1S/C25H33N3O6/c1-15(2)21(26-23(31)22(30)16(3)4)24(32)28-13-20(11-19(28)14-29)34-25(33)27-10-9-17-7-5-6-8-18(17)12-27/h5-8,14-16,19-21H,9-13H2,1-4H3,(H,26,31)/t19-,20+,21-/m0/s1. The number of benzene rings is 1. The van der Waals surface area contributed by atoms with E-state index in [1.54, 1.807) is 32.6 Å². The minimum absolute atomic E-state index is 0.0512. The molecule has 0 spiro atoms. The third-order valence-electron chi connectivity index (χ3n) is 6.37. The number of ketones is 1. The molecule has 1 fully saturated rings. The first kappa shape index (κ1) is 25.4. The lowest BCUT2D eigenvalue weighted by molar-refractivity contribution is -0.144. The summed E-state index contributed by atoms with van der Waals surface area (Å²) in [4.78, 5) is 65.0. The summed E-state index contributed by atoms with van der Waals surface area (Å²) >= 11 is 0. The molecule has 1 N–H and O–H groups in total. The molecule has 0 saturated carbocycles. The van der Waals surface area contributed by atoms with E-state index in [2.05, 4.69) is 5.32 Å². The number of amides is 3. The second-order valence-corrected chi connectivity index (χ2v) is 9.59. The van der Waals surface area contributed by atoms with Crippen LogP contribution in [0.2, 0.25) is 0 Å². The molecule has 1 saturated heterocycles. The highest BCUT2D eigenvalue weighted by atomic mass is 16.6. The molecule has 1 aromatic carbocycles. The fraction of sp³-hybridized carbons (Fsp3) is 0.560. The lowest BCUT2D eigenvalue weighted by Gasteiger charge is -2.30. The van der Waals surface area contributed by atoms with Crippen molar-refractivity contribution in [3.8, 4) is 0 Å². The van der Waals surface area contributed by atoms with Gasteiger partial charge in [-0.1, -0.05) is 52.0 Å². The van der Waals surface area contributed by atoms with Crippen LogP contribution in [-0.4, -0.2) is 71.1 Å². The van der Waals surface area contributed by atoms with Crippen LogP contribution in [0.25, 0.3) is 0 Å². The normalized spacial score (nSPS) is 20.6. The maximum absolute atomic E-state index is 13.2. The molecule has 0 radical (unpaired) electrons. The average Bonchev–Trinajstić information content (AvgIpc) is 3.23. The van der Waals surface area contributed by atoms with Crippen molar-refractivity contribution >= 4 is 30.0 Å². The predicted octanol–water partition coefficient (Wildman–Crippen LogP) is 1.72. The van der Waals surface area contributed by atoms with E-state index < -0.39 is 47.8 Å². The first-order chi connectivity index (χ1) is 16.1. The summed E-state index contributed by atoms with van der Waals surface area (Å²) in [5.74, 6) is -2.71. The Morgan fingerprint density at radius 1 is 1.09 bits per heavy atom. The van der Waals surface area contributed by atoms with Gasteiger partial charge in [-0.3, -0.25) is 14.4 Å². The number of Topliss-reactive ketones (excluding diaryl/α,β-unsaturated/α-hetero) is 1. The number of hydrogen-bond donors (Lipinski definition) is 1. The summed E-state index contributed by atoms with van der Waals surface area (Å²) in [5.41, 5.74) is 2.29. The van der Waals surface area contributed by atoms with Crippen molar-refractivity contribution < 1.29 is 28.7 Å². The van der Waals surface area contributed by atoms with Crippen molar-refractivity contribution in [1.29, 1.82) is 0 Å². The average molecular weight is 472 g/mol. The number of nitrogens with zero attached hydrogens (tertiary/aromatic N) is 2. The molecule has 2 heterocycles. The van der Waals surface area contributed by atoms with E-state index in [9.17, 15) is 24.0 Å². The van der Waals surface area contributed by atoms with Crippen LogP contribution in [0.3, 0.4) is 0 Å². The number of rotatable bonds is 7. The van der Waals surface area contributed by atoms with Gasteiger partial charge in [0.25, 0.3) is 5.91 Å². The zero-order chi connectivity index (χ0) is 25.0. The molecule has 0 unspecified atom stereocenters. The molecular weight excluding hydrogens is 438 g/mol. The highest BCUT2D eigenvalue weighted by Gasteiger charge is 2.41. The minimum atomic E-state index is -0.967. The highest BCUT2D eigenvalue weighted by molar-refractivity contribution is 6.37. The molecule has 2 aliphatic heterocycles. The Bertz CT molecular complexity index is 960. The Kier molecular flexibility index (Phi) is 8.06. The van der Waals surface area contributed by atoms with E-state index in [1.165, 1.54) is 10.5 Å². The topological polar surface area (TPSA) is 113 Å². The van der Waals surface area contributed by atoms with E-state index in [-0.39, 0.29) is 18.9 Å². The lowest BCUT2D eigenvalue weighted by atomic mass is 10.0. The van der Waals surface area contributed by atoms with Gasteiger partial charge in [0.1, 0.15) is 18.4 Å². The Morgan fingerprint density at radius 3 is 2.38 bits per heavy atom. The van der Waals surface area contributed by atoms with Gasteiger partial charge in [0.05, 0.1) is 12.6 Å². The first-order valence-electron chi connectivity index (χ1n) is 11.7. The molecule has 9 heteroatoms. The van der Waals surface area contributed by atoms with Crippen molar-refractivity contribution in [2.75, 3.05) is 13.1 Å². The summed E-state index contributed by atoms with van der Waals surface area (Å²) in [7, 11) is 0. The zero-order valence-corrected chi connectivity index (χ0v) is 20.2. The Hall–Kier alpha value is -3.23. The van der Waals surface area contributed by atoms with Gasteiger partial charge in [0, 0.05) is 25.4 Å². The number of aldehydes is 1. The molecule has 1 aromatic rings. The molecule has 0 bridgehead atoms. The summed E-state index contributed by atoms with van der Waals surface area (Å²) in [5, 5.41) is 2.52. The summed E-state index contributed by atoms with van der Waals surface area (Å²) in [6.07, 6.45) is 0.470.